The van der Waals surface area contributed by atoms with Crippen molar-refractivity contribution in [3.05, 3.63) is 63.6 Å². The predicted molar refractivity (Wildman–Crippen MR) is 83.5 cm³/mol. The summed E-state index contributed by atoms with van der Waals surface area (Å²) in [7, 11) is 0. The maximum Gasteiger partial charge on any atom is 0.255 e. The van der Waals surface area contributed by atoms with Crippen molar-refractivity contribution in [3.63, 3.8) is 0 Å². The minimum atomic E-state index is -0.313. The number of nitrogens with zero attached hydrogens (tertiary/aromatic N) is 2. The van der Waals surface area contributed by atoms with E-state index in [2.05, 4.69) is 20.9 Å². The molecule has 0 N–H and O–H groups in total. The molecule has 1 heterocycles. The van der Waals surface area contributed by atoms with Gasteiger partial charge in [-0.05, 0) is 44.2 Å². The van der Waals surface area contributed by atoms with Crippen molar-refractivity contribution in [1.29, 1.82) is 0 Å². The van der Waals surface area contributed by atoms with Crippen molar-refractivity contribution >= 4 is 21.8 Å². The van der Waals surface area contributed by atoms with E-state index in [1.165, 1.54) is 6.07 Å². The van der Waals surface area contributed by atoms with Crippen LogP contribution in [0.1, 0.15) is 28.5 Å². The van der Waals surface area contributed by atoms with Crippen LogP contribution in [0.5, 0.6) is 0 Å². The van der Waals surface area contributed by atoms with Crippen molar-refractivity contribution in [1.82, 2.24) is 9.88 Å². The van der Waals surface area contributed by atoms with E-state index < -0.39 is 0 Å². The lowest BCUT2D eigenvalue weighted by Gasteiger charge is -2.21. The summed E-state index contributed by atoms with van der Waals surface area (Å²) < 4.78 is 14.6. The molecule has 0 aliphatic heterocycles. The molecule has 1 aromatic heterocycles. The second kappa shape index (κ2) is 6.80. The Labute approximate surface area is 131 Å². The number of carbonyl (C=O) groups excluding carboxylic acids is 1. The van der Waals surface area contributed by atoms with Crippen LogP contribution in [0.15, 0.2) is 41.0 Å². The van der Waals surface area contributed by atoms with Crippen LogP contribution in [0.4, 0.5) is 4.39 Å². The van der Waals surface area contributed by atoms with Crippen LogP contribution in [-0.4, -0.2) is 22.3 Å². The number of carbonyl (C=O) groups is 1. The number of hydrogen-bond acceptors (Lipinski definition) is 2. The smallest absolute Gasteiger partial charge is 0.255 e. The van der Waals surface area contributed by atoms with Crippen molar-refractivity contribution in [2.24, 2.45) is 0 Å². The Bertz CT molecular complexity index is 643. The van der Waals surface area contributed by atoms with Gasteiger partial charge in [-0.25, -0.2) is 4.39 Å². The molecule has 21 heavy (non-hydrogen) atoms. The molecule has 0 spiro atoms. The quantitative estimate of drug-likeness (QED) is 0.836. The Kier molecular flexibility index (Phi) is 5.07. The van der Waals surface area contributed by atoms with E-state index >= 15 is 0 Å². The van der Waals surface area contributed by atoms with Gasteiger partial charge >= 0.3 is 0 Å². The number of aryl methyl sites for hydroxylation is 1. The molecular weight excluding hydrogens is 335 g/mol. The van der Waals surface area contributed by atoms with Crippen LogP contribution in [-0.2, 0) is 6.54 Å². The number of amides is 1. The SMILES string of the molecule is CCN(Cc1cc(Br)ccc1F)C(=O)c1ccc(C)nc1. The molecule has 0 saturated heterocycles. The highest BCUT2D eigenvalue weighted by Gasteiger charge is 2.16. The summed E-state index contributed by atoms with van der Waals surface area (Å²) in [6.07, 6.45) is 1.55. The molecule has 0 radical (unpaired) electrons. The third-order valence-corrected chi connectivity index (χ3v) is 3.69. The van der Waals surface area contributed by atoms with Gasteiger partial charge in [0.2, 0.25) is 0 Å². The van der Waals surface area contributed by atoms with Crippen molar-refractivity contribution < 1.29 is 9.18 Å². The lowest BCUT2D eigenvalue weighted by molar-refractivity contribution is 0.0750. The Morgan fingerprint density at radius 3 is 2.71 bits per heavy atom. The molecule has 110 valence electrons. The van der Waals surface area contributed by atoms with E-state index in [0.29, 0.717) is 17.7 Å². The highest BCUT2D eigenvalue weighted by molar-refractivity contribution is 9.10. The average Bonchev–Trinajstić information content (AvgIpc) is 2.48. The Morgan fingerprint density at radius 1 is 1.33 bits per heavy atom. The maximum absolute atomic E-state index is 13.8. The van der Waals surface area contributed by atoms with Gasteiger partial charge in [0.25, 0.3) is 5.91 Å². The zero-order valence-electron chi connectivity index (χ0n) is 11.9. The van der Waals surface area contributed by atoms with Gasteiger partial charge in [-0.1, -0.05) is 15.9 Å². The molecule has 0 aliphatic carbocycles. The Balaban J connectivity index is 2.21. The van der Waals surface area contributed by atoms with E-state index in [9.17, 15) is 9.18 Å². The summed E-state index contributed by atoms with van der Waals surface area (Å²) >= 11 is 3.32. The van der Waals surface area contributed by atoms with Gasteiger partial charge in [0.05, 0.1) is 5.56 Å². The Hall–Kier alpha value is -1.75. The summed E-state index contributed by atoms with van der Waals surface area (Å²) in [6, 6.07) is 8.26. The van der Waals surface area contributed by atoms with Crippen LogP contribution >= 0.6 is 15.9 Å². The summed E-state index contributed by atoms with van der Waals surface area (Å²) in [6.45, 7) is 4.46. The maximum atomic E-state index is 13.8. The first-order valence-corrected chi connectivity index (χ1v) is 7.46. The van der Waals surface area contributed by atoms with E-state index in [1.807, 2.05) is 13.8 Å². The average molecular weight is 351 g/mol. The van der Waals surface area contributed by atoms with E-state index in [-0.39, 0.29) is 18.3 Å². The molecule has 0 unspecified atom stereocenters. The summed E-state index contributed by atoms with van der Waals surface area (Å²) in [4.78, 5) is 18.2. The topological polar surface area (TPSA) is 33.2 Å². The number of aromatic nitrogens is 1. The van der Waals surface area contributed by atoms with Gasteiger partial charge in [0, 0.05) is 35.0 Å². The van der Waals surface area contributed by atoms with E-state index in [1.54, 1.807) is 35.4 Å². The third kappa shape index (κ3) is 3.88. The van der Waals surface area contributed by atoms with Crippen LogP contribution < -0.4 is 0 Å². The number of rotatable bonds is 4. The van der Waals surface area contributed by atoms with Crippen molar-refractivity contribution in [3.8, 4) is 0 Å². The van der Waals surface area contributed by atoms with Crippen LogP contribution in [0.2, 0.25) is 0 Å². The Morgan fingerprint density at radius 2 is 2.10 bits per heavy atom. The highest BCUT2D eigenvalue weighted by atomic mass is 79.9. The number of benzene rings is 1. The largest absolute Gasteiger partial charge is 0.334 e. The lowest BCUT2D eigenvalue weighted by Crippen LogP contribution is -2.30. The molecule has 0 bridgehead atoms. The fourth-order valence-electron chi connectivity index (χ4n) is 1.97. The standard InChI is InChI=1S/C16H16BrFN2O/c1-3-20(10-13-8-14(17)6-7-15(13)18)16(21)12-5-4-11(2)19-9-12/h4-9H,3,10H2,1-2H3. The fraction of sp³-hybridized carbons (Fsp3) is 0.250. The van der Waals surface area contributed by atoms with Gasteiger partial charge < -0.3 is 4.90 Å². The van der Waals surface area contributed by atoms with Crippen molar-refractivity contribution in [2.45, 2.75) is 20.4 Å². The van der Waals surface area contributed by atoms with E-state index in [0.717, 1.165) is 10.2 Å². The predicted octanol–water partition coefficient (Wildman–Crippen LogP) is 3.95. The molecule has 0 saturated carbocycles. The zero-order chi connectivity index (χ0) is 15.4. The van der Waals surface area contributed by atoms with Gasteiger partial charge in [-0.15, -0.1) is 0 Å². The molecule has 0 fully saturated rings. The molecule has 1 amide bonds. The minimum Gasteiger partial charge on any atom is -0.334 e. The molecule has 1 aromatic carbocycles. The molecule has 5 heteroatoms. The van der Waals surface area contributed by atoms with Gasteiger partial charge in [-0.3, -0.25) is 9.78 Å². The first kappa shape index (κ1) is 15.6. The number of halogens is 2. The normalized spacial score (nSPS) is 10.5. The fourth-order valence-corrected chi connectivity index (χ4v) is 2.38. The van der Waals surface area contributed by atoms with Gasteiger partial charge in [0.15, 0.2) is 0 Å². The number of hydrogen-bond donors (Lipinski definition) is 0. The second-order valence-corrected chi connectivity index (χ2v) is 5.66. The first-order chi connectivity index (χ1) is 10.0. The highest BCUT2D eigenvalue weighted by Crippen LogP contribution is 2.18. The summed E-state index contributed by atoms with van der Waals surface area (Å²) in [5.41, 5.74) is 1.85. The van der Waals surface area contributed by atoms with Crippen LogP contribution in [0, 0.1) is 12.7 Å². The summed E-state index contributed by atoms with van der Waals surface area (Å²) in [5.74, 6) is -0.462. The van der Waals surface area contributed by atoms with Gasteiger partial charge in [0.1, 0.15) is 5.82 Å². The monoisotopic (exact) mass is 350 g/mol. The summed E-state index contributed by atoms with van der Waals surface area (Å²) in [5, 5.41) is 0. The lowest BCUT2D eigenvalue weighted by atomic mass is 10.1. The molecule has 0 aliphatic rings. The zero-order valence-corrected chi connectivity index (χ0v) is 13.5. The first-order valence-electron chi connectivity index (χ1n) is 6.67. The minimum absolute atomic E-state index is 0.149. The third-order valence-electron chi connectivity index (χ3n) is 3.20. The van der Waals surface area contributed by atoms with Crippen LogP contribution in [0.3, 0.4) is 0 Å². The van der Waals surface area contributed by atoms with E-state index in [4.69, 9.17) is 0 Å². The van der Waals surface area contributed by atoms with Crippen molar-refractivity contribution in [2.75, 3.05) is 6.54 Å². The molecular formula is C16H16BrFN2O. The molecule has 0 atom stereocenters. The van der Waals surface area contributed by atoms with Gasteiger partial charge in [-0.2, -0.15) is 0 Å². The molecule has 2 aromatic rings. The van der Waals surface area contributed by atoms with Crippen LogP contribution in [0.25, 0.3) is 0 Å². The molecule has 3 nitrogen and oxygen atoms in total. The number of pyridine rings is 1. The molecule has 2 rings (SSSR count). The second-order valence-electron chi connectivity index (χ2n) is 4.74.